The van der Waals surface area contributed by atoms with E-state index in [0.717, 1.165) is 37.5 Å². The Morgan fingerprint density at radius 1 is 0.929 bits per heavy atom. The lowest BCUT2D eigenvalue weighted by atomic mass is 10.1. The van der Waals surface area contributed by atoms with Crippen molar-refractivity contribution in [2.45, 2.75) is 37.1 Å². The van der Waals surface area contributed by atoms with Crippen molar-refractivity contribution in [1.29, 1.82) is 0 Å². The number of piperidine rings is 1. The van der Waals surface area contributed by atoms with Gasteiger partial charge >= 0.3 is 0 Å². The Kier molecular flexibility index (Phi) is 6.41. The molecule has 2 aromatic rings. The molecule has 1 aliphatic heterocycles. The standard InChI is InChI=1S/C20H22F2N2O3S/c21-17-10-16(11-18(22)13-17)14-23-20(25)12-15-4-6-19(7-5-15)28(26,27)24-8-2-1-3-9-24/h4-7,10-11,13H,1-3,8-9,12,14H2,(H,23,25). The number of halogens is 2. The minimum absolute atomic E-state index is 0.00887. The Balaban J connectivity index is 1.58. The molecule has 0 saturated carbocycles. The first-order valence-corrected chi connectivity index (χ1v) is 10.6. The van der Waals surface area contributed by atoms with Gasteiger partial charge in [-0.1, -0.05) is 18.6 Å². The minimum Gasteiger partial charge on any atom is -0.352 e. The fourth-order valence-electron chi connectivity index (χ4n) is 3.20. The fraction of sp³-hybridized carbons (Fsp3) is 0.350. The summed E-state index contributed by atoms with van der Waals surface area (Å²) in [4.78, 5) is 12.3. The van der Waals surface area contributed by atoms with Crippen molar-refractivity contribution >= 4 is 15.9 Å². The van der Waals surface area contributed by atoms with Gasteiger partial charge in [-0.3, -0.25) is 4.79 Å². The molecule has 0 radical (unpaired) electrons. The molecule has 2 aromatic carbocycles. The first-order chi connectivity index (χ1) is 13.3. The van der Waals surface area contributed by atoms with Crippen molar-refractivity contribution in [2.75, 3.05) is 13.1 Å². The molecule has 1 aliphatic rings. The van der Waals surface area contributed by atoms with E-state index in [1.165, 1.54) is 16.4 Å². The third kappa shape index (κ3) is 5.14. The summed E-state index contributed by atoms with van der Waals surface area (Å²) in [5, 5.41) is 2.60. The molecule has 1 N–H and O–H groups in total. The molecule has 1 amide bonds. The van der Waals surface area contributed by atoms with E-state index >= 15 is 0 Å². The average Bonchev–Trinajstić information content (AvgIpc) is 2.67. The lowest BCUT2D eigenvalue weighted by Gasteiger charge is -2.25. The molecule has 3 rings (SSSR count). The van der Waals surface area contributed by atoms with Crippen LogP contribution >= 0.6 is 0 Å². The quantitative estimate of drug-likeness (QED) is 0.799. The number of rotatable bonds is 6. The Labute approximate surface area is 163 Å². The van der Waals surface area contributed by atoms with Crippen molar-refractivity contribution in [1.82, 2.24) is 9.62 Å². The predicted octanol–water partition coefficient (Wildman–Crippen LogP) is 3.00. The zero-order valence-electron chi connectivity index (χ0n) is 15.3. The number of carbonyl (C=O) groups is 1. The van der Waals surface area contributed by atoms with Gasteiger partial charge in [0.15, 0.2) is 0 Å². The van der Waals surface area contributed by atoms with E-state index in [4.69, 9.17) is 0 Å². The highest BCUT2D eigenvalue weighted by Crippen LogP contribution is 2.21. The normalized spacial score (nSPS) is 15.4. The summed E-state index contributed by atoms with van der Waals surface area (Å²) < 4.78 is 53.1. The first-order valence-electron chi connectivity index (χ1n) is 9.15. The second kappa shape index (κ2) is 8.79. The molecule has 5 nitrogen and oxygen atoms in total. The molecule has 1 heterocycles. The van der Waals surface area contributed by atoms with Gasteiger partial charge in [-0.2, -0.15) is 4.31 Å². The SMILES string of the molecule is O=C(Cc1ccc(S(=O)(=O)N2CCCCC2)cc1)NCc1cc(F)cc(F)c1. The van der Waals surface area contributed by atoms with Gasteiger partial charge in [0, 0.05) is 25.7 Å². The highest BCUT2D eigenvalue weighted by Gasteiger charge is 2.25. The van der Waals surface area contributed by atoms with E-state index in [1.807, 2.05) is 0 Å². The summed E-state index contributed by atoms with van der Waals surface area (Å²) in [6.45, 7) is 1.08. The monoisotopic (exact) mass is 408 g/mol. The van der Waals surface area contributed by atoms with Crippen LogP contribution in [0.25, 0.3) is 0 Å². The van der Waals surface area contributed by atoms with Crippen LogP contribution in [0.5, 0.6) is 0 Å². The molecule has 0 spiro atoms. The molecule has 0 atom stereocenters. The van der Waals surface area contributed by atoms with E-state index < -0.39 is 21.7 Å². The maximum Gasteiger partial charge on any atom is 0.243 e. The van der Waals surface area contributed by atoms with Gasteiger partial charge in [0.2, 0.25) is 15.9 Å². The Hall–Kier alpha value is -2.32. The van der Waals surface area contributed by atoms with Crippen LogP contribution in [0, 0.1) is 11.6 Å². The van der Waals surface area contributed by atoms with Crippen molar-refractivity contribution in [2.24, 2.45) is 0 Å². The summed E-state index contributed by atoms with van der Waals surface area (Å²) in [6, 6.07) is 9.32. The molecule has 0 aromatic heterocycles. The summed E-state index contributed by atoms with van der Waals surface area (Å²) in [7, 11) is -3.50. The predicted molar refractivity (Wildman–Crippen MR) is 101 cm³/mol. The minimum atomic E-state index is -3.50. The Bertz CT molecular complexity index is 920. The van der Waals surface area contributed by atoms with Crippen molar-refractivity contribution in [3.05, 3.63) is 65.2 Å². The van der Waals surface area contributed by atoms with Crippen LogP contribution in [0.4, 0.5) is 8.78 Å². The summed E-state index contributed by atoms with van der Waals surface area (Å²) >= 11 is 0. The summed E-state index contributed by atoms with van der Waals surface area (Å²) in [6.07, 6.45) is 2.82. The second-order valence-corrected chi connectivity index (χ2v) is 8.78. The Morgan fingerprint density at radius 3 is 2.14 bits per heavy atom. The van der Waals surface area contributed by atoms with E-state index in [9.17, 15) is 22.0 Å². The molecule has 0 unspecified atom stereocenters. The van der Waals surface area contributed by atoms with E-state index in [0.29, 0.717) is 24.2 Å². The zero-order chi connectivity index (χ0) is 20.1. The van der Waals surface area contributed by atoms with Gasteiger partial charge in [-0.15, -0.1) is 0 Å². The maximum atomic E-state index is 13.2. The number of benzene rings is 2. The van der Waals surface area contributed by atoms with Crippen LogP contribution in [-0.4, -0.2) is 31.7 Å². The number of nitrogens with zero attached hydrogens (tertiary/aromatic N) is 1. The van der Waals surface area contributed by atoms with E-state index in [2.05, 4.69) is 5.32 Å². The van der Waals surface area contributed by atoms with Crippen LogP contribution in [0.2, 0.25) is 0 Å². The smallest absolute Gasteiger partial charge is 0.243 e. The molecular formula is C20H22F2N2O3S. The van der Waals surface area contributed by atoms with Crippen molar-refractivity contribution in [3.8, 4) is 0 Å². The van der Waals surface area contributed by atoms with E-state index in [-0.39, 0.29) is 23.8 Å². The number of hydrogen-bond acceptors (Lipinski definition) is 3. The molecule has 8 heteroatoms. The molecule has 0 aliphatic carbocycles. The van der Waals surface area contributed by atoms with Crippen LogP contribution in [0.3, 0.4) is 0 Å². The second-order valence-electron chi connectivity index (χ2n) is 6.84. The molecule has 0 bridgehead atoms. The van der Waals surface area contributed by atoms with Gasteiger partial charge in [0.05, 0.1) is 11.3 Å². The number of nitrogens with one attached hydrogen (secondary N) is 1. The zero-order valence-corrected chi connectivity index (χ0v) is 16.1. The van der Waals surface area contributed by atoms with Gasteiger partial charge < -0.3 is 5.32 Å². The molecular weight excluding hydrogens is 386 g/mol. The van der Waals surface area contributed by atoms with Crippen LogP contribution in [0.1, 0.15) is 30.4 Å². The lowest BCUT2D eigenvalue weighted by molar-refractivity contribution is -0.120. The molecule has 1 saturated heterocycles. The molecule has 1 fully saturated rings. The van der Waals surface area contributed by atoms with Gasteiger partial charge in [-0.05, 0) is 48.2 Å². The summed E-state index contributed by atoms with van der Waals surface area (Å²) in [5.74, 6) is -1.72. The number of sulfonamides is 1. The van der Waals surface area contributed by atoms with Crippen LogP contribution in [-0.2, 0) is 27.8 Å². The average molecular weight is 408 g/mol. The molecule has 28 heavy (non-hydrogen) atoms. The number of amides is 1. The van der Waals surface area contributed by atoms with Crippen LogP contribution < -0.4 is 5.32 Å². The van der Waals surface area contributed by atoms with Gasteiger partial charge in [0.1, 0.15) is 11.6 Å². The third-order valence-electron chi connectivity index (χ3n) is 4.65. The lowest BCUT2D eigenvalue weighted by Crippen LogP contribution is -2.35. The van der Waals surface area contributed by atoms with Crippen molar-refractivity contribution in [3.63, 3.8) is 0 Å². The topological polar surface area (TPSA) is 66.5 Å². The van der Waals surface area contributed by atoms with Crippen LogP contribution in [0.15, 0.2) is 47.4 Å². The highest BCUT2D eigenvalue weighted by molar-refractivity contribution is 7.89. The number of hydrogen-bond donors (Lipinski definition) is 1. The van der Waals surface area contributed by atoms with Crippen molar-refractivity contribution < 1.29 is 22.0 Å². The first kappa shape index (κ1) is 20.4. The highest BCUT2D eigenvalue weighted by atomic mass is 32.2. The number of carbonyl (C=O) groups excluding carboxylic acids is 1. The largest absolute Gasteiger partial charge is 0.352 e. The summed E-state index contributed by atoms with van der Waals surface area (Å²) in [5.41, 5.74) is 0.981. The van der Waals surface area contributed by atoms with Gasteiger partial charge in [-0.25, -0.2) is 17.2 Å². The van der Waals surface area contributed by atoms with Gasteiger partial charge in [0.25, 0.3) is 0 Å². The maximum absolute atomic E-state index is 13.2. The van der Waals surface area contributed by atoms with E-state index in [1.54, 1.807) is 12.1 Å². The third-order valence-corrected chi connectivity index (χ3v) is 6.57. The fourth-order valence-corrected chi connectivity index (χ4v) is 4.71. The Morgan fingerprint density at radius 2 is 1.54 bits per heavy atom. The molecule has 150 valence electrons.